The van der Waals surface area contributed by atoms with Gasteiger partial charge in [0.2, 0.25) is 0 Å². The quantitative estimate of drug-likeness (QED) is 0.859. The number of hydrogen-bond acceptors (Lipinski definition) is 3. The second-order valence-electron chi connectivity index (χ2n) is 5.87. The van der Waals surface area contributed by atoms with E-state index >= 15 is 0 Å². The molecule has 0 bridgehead atoms. The predicted octanol–water partition coefficient (Wildman–Crippen LogP) is 4.40. The van der Waals surface area contributed by atoms with Gasteiger partial charge in [-0.2, -0.15) is 0 Å². The van der Waals surface area contributed by atoms with E-state index in [2.05, 4.69) is 5.32 Å². The molecule has 0 saturated heterocycles. The number of ether oxygens (including phenoxy) is 2. The van der Waals surface area contributed by atoms with Crippen LogP contribution in [0, 0.1) is 0 Å². The van der Waals surface area contributed by atoms with Crippen LogP contribution in [0.25, 0.3) is 0 Å². The summed E-state index contributed by atoms with van der Waals surface area (Å²) in [6.45, 7) is 7.79. The Balaban J connectivity index is 2.19. The van der Waals surface area contributed by atoms with Gasteiger partial charge in [0.25, 0.3) is 5.91 Å². The monoisotopic (exact) mass is 313 g/mol. The van der Waals surface area contributed by atoms with E-state index in [1.54, 1.807) is 18.2 Å². The molecule has 0 radical (unpaired) electrons. The summed E-state index contributed by atoms with van der Waals surface area (Å²) in [7, 11) is 0. The van der Waals surface area contributed by atoms with E-state index in [0.29, 0.717) is 22.8 Å². The molecular formula is C19H23NO3. The largest absolute Gasteiger partial charge is 0.487 e. The molecule has 0 aliphatic heterocycles. The fourth-order valence-corrected chi connectivity index (χ4v) is 2.06. The lowest BCUT2D eigenvalue weighted by Gasteiger charge is -2.15. The zero-order valence-corrected chi connectivity index (χ0v) is 14.0. The highest BCUT2D eigenvalue weighted by molar-refractivity contribution is 5.94. The molecule has 0 aromatic heterocycles. The SMILES string of the molecule is CC(C)NC(=O)c1cccc(Oc2ccccc2OC(C)C)c1. The van der Waals surface area contributed by atoms with Crippen molar-refractivity contribution < 1.29 is 14.3 Å². The first-order valence-corrected chi connectivity index (χ1v) is 7.80. The Morgan fingerprint density at radius 2 is 1.65 bits per heavy atom. The molecule has 2 rings (SSSR count). The van der Waals surface area contributed by atoms with Gasteiger partial charge in [0.15, 0.2) is 11.5 Å². The van der Waals surface area contributed by atoms with Gasteiger partial charge in [-0.1, -0.05) is 18.2 Å². The fourth-order valence-electron chi connectivity index (χ4n) is 2.06. The molecule has 4 nitrogen and oxygen atoms in total. The van der Waals surface area contributed by atoms with Gasteiger partial charge in [0.1, 0.15) is 5.75 Å². The Morgan fingerprint density at radius 3 is 2.30 bits per heavy atom. The summed E-state index contributed by atoms with van der Waals surface area (Å²) in [6, 6.07) is 14.7. The standard InChI is InChI=1S/C19H23NO3/c1-13(2)20-19(21)15-8-7-9-16(12-15)23-18-11-6-5-10-17(18)22-14(3)4/h5-14H,1-4H3,(H,20,21). The van der Waals surface area contributed by atoms with E-state index in [-0.39, 0.29) is 18.1 Å². The van der Waals surface area contributed by atoms with Crippen molar-refractivity contribution in [1.82, 2.24) is 5.32 Å². The molecular weight excluding hydrogens is 290 g/mol. The van der Waals surface area contributed by atoms with Gasteiger partial charge in [-0.05, 0) is 58.0 Å². The molecule has 0 spiro atoms. The molecule has 0 atom stereocenters. The van der Waals surface area contributed by atoms with Gasteiger partial charge in [-0.3, -0.25) is 4.79 Å². The number of amides is 1. The maximum absolute atomic E-state index is 12.1. The minimum atomic E-state index is -0.114. The Morgan fingerprint density at radius 1 is 0.957 bits per heavy atom. The molecule has 0 aliphatic carbocycles. The number of carbonyl (C=O) groups is 1. The molecule has 0 fully saturated rings. The van der Waals surface area contributed by atoms with Crippen molar-refractivity contribution in [3.05, 3.63) is 54.1 Å². The van der Waals surface area contributed by atoms with Crippen LogP contribution in [0.15, 0.2) is 48.5 Å². The van der Waals surface area contributed by atoms with E-state index in [0.717, 1.165) is 0 Å². The average molecular weight is 313 g/mol. The lowest BCUT2D eigenvalue weighted by molar-refractivity contribution is 0.0943. The third-order valence-electron chi connectivity index (χ3n) is 2.96. The van der Waals surface area contributed by atoms with Crippen molar-refractivity contribution >= 4 is 5.91 Å². The smallest absolute Gasteiger partial charge is 0.251 e. The van der Waals surface area contributed by atoms with Crippen molar-refractivity contribution in [2.75, 3.05) is 0 Å². The lowest BCUT2D eigenvalue weighted by atomic mass is 10.2. The fraction of sp³-hybridized carbons (Fsp3) is 0.316. The zero-order chi connectivity index (χ0) is 16.8. The first-order chi connectivity index (χ1) is 11.0. The van der Waals surface area contributed by atoms with Crippen LogP contribution in [0.4, 0.5) is 0 Å². The third-order valence-corrected chi connectivity index (χ3v) is 2.96. The van der Waals surface area contributed by atoms with E-state index in [1.165, 1.54) is 0 Å². The molecule has 0 aliphatic rings. The topological polar surface area (TPSA) is 47.6 Å². The highest BCUT2D eigenvalue weighted by atomic mass is 16.5. The summed E-state index contributed by atoms with van der Waals surface area (Å²) < 4.78 is 11.6. The molecule has 122 valence electrons. The maximum Gasteiger partial charge on any atom is 0.251 e. The Kier molecular flexibility index (Phi) is 5.63. The highest BCUT2D eigenvalue weighted by Gasteiger charge is 2.10. The molecule has 0 unspecified atom stereocenters. The number of nitrogens with one attached hydrogen (secondary N) is 1. The molecule has 0 saturated carbocycles. The first kappa shape index (κ1) is 16.9. The van der Waals surface area contributed by atoms with Crippen molar-refractivity contribution in [3.8, 4) is 17.2 Å². The minimum Gasteiger partial charge on any atom is -0.487 e. The summed E-state index contributed by atoms with van der Waals surface area (Å²) in [5, 5.41) is 2.87. The predicted molar refractivity (Wildman–Crippen MR) is 91.3 cm³/mol. The van der Waals surface area contributed by atoms with Crippen LogP contribution in [0.2, 0.25) is 0 Å². The van der Waals surface area contributed by atoms with E-state index in [9.17, 15) is 4.79 Å². The van der Waals surface area contributed by atoms with Gasteiger partial charge in [0.05, 0.1) is 6.10 Å². The Labute approximate surface area is 137 Å². The maximum atomic E-state index is 12.1. The highest BCUT2D eigenvalue weighted by Crippen LogP contribution is 2.32. The van der Waals surface area contributed by atoms with E-state index < -0.39 is 0 Å². The van der Waals surface area contributed by atoms with Gasteiger partial charge in [0, 0.05) is 11.6 Å². The van der Waals surface area contributed by atoms with Crippen molar-refractivity contribution in [2.24, 2.45) is 0 Å². The molecule has 0 heterocycles. The summed E-state index contributed by atoms with van der Waals surface area (Å²) in [6.07, 6.45) is 0.0582. The summed E-state index contributed by atoms with van der Waals surface area (Å²) in [5.74, 6) is 1.79. The summed E-state index contributed by atoms with van der Waals surface area (Å²) in [4.78, 5) is 12.1. The average Bonchev–Trinajstić information content (AvgIpc) is 2.48. The Bertz CT molecular complexity index is 665. The van der Waals surface area contributed by atoms with Crippen LogP contribution in [0.3, 0.4) is 0 Å². The van der Waals surface area contributed by atoms with Crippen LogP contribution in [-0.2, 0) is 0 Å². The van der Waals surface area contributed by atoms with Crippen LogP contribution in [0.5, 0.6) is 17.2 Å². The van der Waals surface area contributed by atoms with Gasteiger partial charge < -0.3 is 14.8 Å². The number of para-hydroxylation sites is 2. The van der Waals surface area contributed by atoms with Crippen LogP contribution < -0.4 is 14.8 Å². The molecule has 2 aromatic carbocycles. The minimum absolute atomic E-state index is 0.0582. The number of hydrogen-bond donors (Lipinski definition) is 1. The first-order valence-electron chi connectivity index (χ1n) is 7.80. The normalized spacial score (nSPS) is 10.7. The molecule has 1 amide bonds. The van der Waals surface area contributed by atoms with Crippen molar-refractivity contribution in [1.29, 1.82) is 0 Å². The van der Waals surface area contributed by atoms with Crippen molar-refractivity contribution in [3.63, 3.8) is 0 Å². The summed E-state index contributed by atoms with van der Waals surface area (Å²) >= 11 is 0. The van der Waals surface area contributed by atoms with Crippen molar-refractivity contribution in [2.45, 2.75) is 39.8 Å². The molecule has 23 heavy (non-hydrogen) atoms. The van der Waals surface area contributed by atoms with Gasteiger partial charge in [-0.15, -0.1) is 0 Å². The molecule has 2 aromatic rings. The van der Waals surface area contributed by atoms with Crippen LogP contribution in [-0.4, -0.2) is 18.1 Å². The van der Waals surface area contributed by atoms with E-state index in [1.807, 2.05) is 58.0 Å². The van der Waals surface area contributed by atoms with Gasteiger partial charge >= 0.3 is 0 Å². The number of carbonyl (C=O) groups excluding carboxylic acids is 1. The third kappa shape index (κ3) is 5.02. The van der Waals surface area contributed by atoms with E-state index in [4.69, 9.17) is 9.47 Å². The number of benzene rings is 2. The van der Waals surface area contributed by atoms with Crippen LogP contribution >= 0.6 is 0 Å². The van der Waals surface area contributed by atoms with Crippen LogP contribution in [0.1, 0.15) is 38.1 Å². The van der Waals surface area contributed by atoms with Gasteiger partial charge in [-0.25, -0.2) is 0 Å². The molecule has 1 N–H and O–H groups in total. The molecule has 4 heteroatoms. The lowest BCUT2D eigenvalue weighted by Crippen LogP contribution is -2.29. The second kappa shape index (κ2) is 7.68. The number of rotatable bonds is 6. The Hall–Kier alpha value is -2.49. The summed E-state index contributed by atoms with van der Waals surface area (Å²) in [5.41, 5.74) is 0.568. The zero-order valence-electron chi connectivity index (χ0n) is 14.0. The second-order valence-corrected chi connectivity index (χ2v) is 5.87.